The largest absolute Gasteiger partial charge is 0.391 e. The lowest BCUT2D eigenvalue weighted by Gasteiger charge is -2.31. The van der Waals surface area contributed by atoms with Crippen LogP contribution in [0, 0.1) is 12.8 Å². The zero-order chi connectivity index (χ0) is 18.4. The number of aliphatic hydroxyl groups is 1. The van der Waals surface area contributed by atoms with E-state index in [0.29, 0.717) is 23.7 Å². The topological polar surface area (TPSA) is 131 Å². The third-order valence-corrected chi connectivity index (χ3v) is 5.47. The molecule has 0 aliphatic carbocycles. The van der Waals surface area contributed by atoms with E-state index >= 15 is 0 Å². The highest BCUT2D eigenvalue weighted by atomic mass is 32.3. The molecule has 10 heteroatoms. The highest BCUT2D eigenvalue weighted by Crippen LogP contribution is 2.39. The van der Waals surface area contributed by atoms with Crippen molar-refractivity contribution in [1.29, 1.82) is 0 Å². The fourth-order valence-corrected chi connectivity index (χ4v) is 4.24. The van der Waals surface area contributed by atoms with Crippen LogP contribution in [0.4, 0.5) is 0 Å². The van der Waals surface area contributed by atoms with Crippen molar-refractivity contribution >= 4 is 22.5 Å². The molecule has 3 unspecified atom stereocenters. The monoisotopic (exact) mass is 372 g/mol. The van der Waals surface area contributed by atoms with Crippen molar-refractivity contribution in [3.05, 3.63) is 17.5 Å². The zero-order valence-corrected chi connectivity index (χ0v) is 15.2. The van der Waals surface area contributed by atoms with Gasteiger partial charge in [-0.25, -0.2) is 4.99 Å². The van der Waals surface area contributed by atoms with Crippen molar-refractivity contribution in [2.75, 3.05) is 12.4 Å². The second-order valence-electron chi connectivity index (χ2n) is 6.93. The number of hydrogen-bond donors (Lipinski definition) is 4. The van der Waals surface area contributed by atoms with Gasteiger partial charge >= 0.3 is 0 Å². The van der Waals surface area contributed by atoms with Crippen LogP contribution in [0.2, 0.25) is 0 Å². The quantitative estimate of drug-likeness (QED) is 0.626. The van der Waals surface area contributed by atoms with E-state index in [1.807, 2.05) is 13.8 Å². The number of aryl methyl sites for hydroxylation is 1. The molecule has 0 saturated carbocycles. The molecule has 2 aliphatic heterocycles. The van der Waals surface area contributed by atoms with Crippen LogP contribution in [0.3, 0.4) is 0 Å². The Morgan fingerprint density at radius 2 is 2.20 bits per heavy atom. The molecule has 1 saturated heterocycles. The second-order valence-corrected chi connectivity index (χ2v) is 8.73. The van der Waals surface area contributed by atoms with Crippen LogP contribution < -0.4 is 4.72 Å². The van der Waals surface area contributed by atoms with Gasteiger partial charge in [0.1, 0.15) is 23.4 Å². The molecule has 9 nitrogen and oxygen atoms in total. The molecule has 1 fully saturated rings. The maximum Gasteiger partial charge on any atom is 0.234 e. The lowest BCUT2D eigenvalue weighted by Crippen LogP contribution is -2.47. The summed E-state index contributed by atoms with van der Waals surface area (Å²) in [6, 6.07) is 1.23. The summed E-state index contributed by atoms with van der Waals surface area (Å²) in [6.45, 7) is 5.80. The fourth-order valence-electron chi connectivity index (χ4n) is 3.33. The van der Waals surface area contributed by atoms with Crippen molar-refractivity contribution in [3.8, 4) is 0 Å². The molecule has 0 aromatic carbocycles. The third-order valence-electron chi connectivity index (χ3n) is 4.45. The molecule has 2 aliphatic rings. The van der Waals surface area contributed by atoms with Gasteiger partial charge in [-0.05, 0) is 12.8 Å². The number of amides is 1. The lowest BCUT2D eigenvalue weighted by molar-refractivity contribution is -0.134. The first-order valence-corrected chi connectivity index (χ1v) is 9.89. The Hall–Kier alpha value is -1.62. The maximum atomic E-state index is 13.2. The molecule has 0 bridgehead atoms. The van der Waals surface area contributed by atoms with Gasteiger partial charge in [0.2, 0.25) is 5.91 Å². The number of nitrogens with zero attached hydrogens (tertiary/aromatic N) is 3. The summed E-state index contributed by atoms with van der Waals surface area (Å²) in [4.78, 5) is 18.9. The van der Waals surface area contributed by atoms with Crippen LogP contribution >= 0.6 is 10.8 Å². The minimum atomic E-state index is -2.99. The summed E-state index contributed by atoms with van der Waals surface area (Å²) < 4.78 is 27.3. The predicted molar refractivity (Wildman–Crippen MR) is 93.2 cm³/mol. The Balaban J connectivity index is 1.85. The lowest BCUT2D eigenvalue weighted by atomic mass is 9.91. The van der Waals surface area contributed by atoms with E-state index in [4.69, 9.17) is 4.52 Å². The van der Waals surface area contributed by atoms with Gasteiger partial charge in [0.05, 0.1) is 17.8 Å². The second kappa shape index (κ2) is 6.60. The molecule has 4 N–H and O–H groups in total. The van der Waals surface area contributed by atoms with E-state index < -0.39 is 28.8 Å². The number of nitrogens with one attached hydrogen (secondary N) is 1. The van der Waals surface area contributed by atoms with Crippen LogP contribution in [-0.4, -0.2) is 60.6 Å². The summed E-state index contributed by atoms with van der Waals surface area (Å²) in [5.41, 5.74) is 0.697. The predicted octanol–water partition coefficient (Wildman–Crippen LogP) is 1.31. The van der Waals surface area contributed by atoms with Crippen molar-refractivity contribution in [2.45, 2.75) is 45.3 Å². The fraction of sp³-hybridized carbons (Fsp3) is 0.667. The minimum Gasteiger partial charge on any atom is -0.391 e. The van der Waals surface area contributed by atoms with Gasteiger partial charge in [0, 0.05) is 19.0 Å². The summed E-state index contributed by atoms with van der Waals surface area (Å²) >= 11 is 0. The van der Waals surface area contributed by atoms with Crippen LogP contribution in [0.15, 0.2) is 15.6 Å². The number of amidine groups is 1. The number of carbonyl (C=O) groups excluding carboxylic acids is 1. The van der Waals surface area contributed by atoms with Crippen molar-refractivity contribution in [3.63, 3.8) is 0 Å². The number of rotatable bonds is 4. The number of aliphatic hydroxyl groups excluding tert-OH is 1. The molecule has 3 heterocycles. The average molecular weight is 372 g/mol. The van der Waals surface area contributed by atoms with Crippen LogP contribution in [0.25, 0.3) is 0 Å². The first-order chi connectivity index (χ1) is 11.7. The molecule has 0 radical (unpaired) electrons. The Morgan fingerprint density at radius 3 is 2.72 bits per heavy atom. The van der Waals surface area contributed by atoms with Crippen LogP contribution in [0.1, 0.15) is 37.6 Å². The van der Waals surface area contributed by atoms with Gasteiger partial charge in [0.25, 0.3) is 0 Å². The van der Waals surface area contributed by atoms with Gasteiger partial charge in [-0.15, -0.1) is 0 Å². The number of likely N-dealkylation sites (tertiary alicyclic amines) is 1. The molecule has 3 atom stereocenters. The summed E-state index contributed by atoms with van der Waals surface area (Å²) in [6.07, 6.45) is -0.391. The Morgan fingerprint density at radius 1 is 1.48 bits per heavy atom. The molecule has 0 spiro atoms. The highest BCUT2D eigenvalue weighted by Gasteiger charge is 2.44. The standard InChI is InChI=1S/C15H24N4O5S/c1-8(2)13(12-4-9(3)17-24-12)15(21)19-6-10(20)5-11(19)14-16-7-25(22,23)18-14/h4,8,10-11,13,20,22-23H,5-7H2,1-3H3,(H,16,18). The van der Waals surface area contributed by atoms with Gasteiger partial charge in [-0.2, -0.15) is 0 Å². The molecular weight excluding hydrogens is 348 g/mol. The number of aliphatic imine (C=N–C) groups is 1. The first-order valence-electron chi connectivity index (χ1n) is 8.17. The number of carbonyl (C=O) groups is 1. The van der Waals surface area contributed by atoms with Gasteiger partial charge in [0.15, 0.2) is 0 Å². The number of β-amino-alcohol motifs (C(OH)–C–C–N with tert-alkyl or cyclic N) is 1. The molecular formula is C15H24N4O5S. The minimum absolute atomic E-state index is 0.0304. The van der Waals surface area contributed by atoms with E-state index in [0.717, 1.165) is 0 Å². The molecule has 3 rings (SSSR count). The summed E-state index contributed by atoms with van der Waals surface area (Å²) in [5.74, 6) is -0.0650. The summed E-state index contributed by atoms with van der Waals surface area (Å²) in [5, 5.41) is 13.9. The molecule has 1 amide bonds. The molecule has 1 aromatic heterocycles. The maximum absolute atomic E-state index is 13.2. The SMILES string of the molecule is Cc1cc(C(C(=O)N2CC(O)CC2C2=NCS(O)(O)N2)C(C)C)on1. The zero-order valence-electron chi connectivity index (χ0n) is 14.4. The van der Waals surface area contributed by atoms with E-state index in [1.54, 1.807) is 17.9 Å². The average Bonchev–Trinajstić information content (AvgIpc) is 3.18. The van der Waals surface area contributed by atoms with E-state index in [-0.39, 0.29) is 24.2 Å². The normalized spacial score (nSPS) is 28.0. The number of aromatic nitrogens is 1. The molecule has 140 valence electrons. The smallest absolute Gasteiger partial charge is 0.234 e. The van der Waals surface area contributed by atoms with Gasteiger partial charge in [-0.3, -0.25) is 18.6 Å². The van der Waals surface area contributed by atoms with E-state index in [1.165, 1.54) is 0 Å². The van der Waals surface area contributed by atoms with Gasteiger partial charge < -0.3 is 14.5 Å². The van der Waals surface area contributed by atoms with E-state index in [9.17, 15) is 19.0 Å². The van der Waals surface area contributed by atoms with Crippen LogP contribution in [0.5, 0.6) is 0 Å². The van der Waals surface area contributed by atoms with Gasteiger partial charge in [-0.1, -0.05) is 29.8 Å². The van der Waals surface area contributed by atoms with E-state index in [2.05, 4.69) is 14.9 Å². The van der Waals surface area contributed by atoms with Crippen molar-refractivity contribution in [2.24, 2.45) is 10.9 Å². The Bertz CT molecular complexity index is 689. The Kier molecular flexibility index (Phi) is 4.80. The van der Waals surface area contributed by atoms with Crippen molar-refractivity contribution < 1.29 is 23.5 Å². The third kappa shape index (κ3) is 3.66. The van der Waals surface area contributed by atoms with Crippen molar-refractivity contribution in [1.82, 2.24) is 14.8 Å². The first kappa shape index (κ1) is 18.2. The summed E-state index contributed by atoms with van der Waals surface area (Å²) in [7, 11) is -2.99. The highest BCUT2D eigenvalue weighted by molar-refractivity contribution is 8.23. The van der Waals surface area contributed by atoms with Crippen LogP contribution in [-0.2, 0) is 4.79 Å². The number of hydrogen-bond acceptors (Lipinski definition) is 8. The molecule has 25 heavy (non-hydrogen) atoms. The molecule has 1 aromatic rings. The Labute approximate surface area is 147 Å².